The molecule has 0 fully saturated rings. The van der Waals surface area contributed by atoms with E-state index in [1.807, 2.05) is 32.0 Å². The Morgan fingerprint density at radius 2 is 2.11 bits per heavy atom. The Kier molecular flexibility index (Phi) is 3.53. The van der Waals surface area contributed by atoms with Crippen LogP contribution in [0.1, 0.15) is 23.2 Å². The van der Waals surface area contributed by atoms with Gasteiger partial charge in [-0.25, -0.2) is 0 Å². The molecule has 4 heteroatoms. The van der Waals surface area contributed by atoms with Crippen molar-refractivity contribution in [3.8, 4) is 0 Å². The van der Waals surface area contributed by atoms with E-state index in [1.54, 1.807) is 0 Å². The Morgan fingerprint density at radius 1 is 1.39 bits per heavy atom. The number of hydrogen-bond acceptors (Lipinski definition) is 2. The number of hydrogen-bond donors (Lipinski definition) is 1. The number of para-hydroxylation sites is 1. The molecule has 18 heavy (non-hydrogen) atoms. The van der Waals surface area contributed by atoms with Crippen molar-refractivity contribution in [2.45, 2.75) is 26.7 Å². The smallest absolute Gasteiger partial charge is 0.303 e. The molecule has 0 spiro atoms. The van der Waals surface area contributed by atoms with E-state index in [9.17, 15) is 4.79 Å². The summed E-state index contributed by atoms with van der Waals surface area (Å²) in [5.74, 6) is -0.792. The van der Waals surface area contributed by atoms with E-state index < -0.39 is 5.97 Å². The molecule has 0 aliphatic heterocycles. The number of pyridine rings is 1. The third-order valence-electron chi connectivity index (χ3n) is 3.15. The minimum atomic E-state index is -0.792. The summed E-state index contributed by atoms with van der Waals surface area (Å²) in [7, 11) is 0. The number of halogens is 1. The normalized spacial score (nSPS) is 10.8. The van der Waals surface area contributed by atoms with E-state index >= 15 is 0 Å². The highest BCUT2D eigenvalue weighted by molar-refractivity contribution is 6.35. The molecule has 0 radical (unpaired) electrons. The Balaban J connectivity index is 2.58. The van der Waals surface area contributed by atoms with Crippen molar-refractivity contribution >= 4 is 28.5 Å². The first-order valence-corrected chi connectivity index (χ1v) is 6.14. The summed E-state index contributed by atoms with van der Waals surface area (Å²) in [6, 6.07) is 5.66. The highest BCUT2D eigenvalue weighted by atomic mass is 35.5. The Hall–Kier alpha value is -1.61. The van der Waals surface area contributed by atoms with Crippen molar-refractivity contribution in [2.75, 3.05) is 0 Å². The number of carboxylic acid groups (broad SMARTS) is 1. The van der Waals surface area contributed by atoms with Crippen LogP contribution >= 0.6 is 11.6 Å². The van der Waals surface area contributed by atoms with E-state index in [-0.39, 0.29) is 6.42 Å². The second-order valence-corrected chi connectivity index (χ2v) is 4.74. The van der Waals surface area contributed by atoms with Gasteiger partial charge in [0, 0.05) is 17.5 Å². The molecule has 0 atom stereocenters. The molecular weight excluding hydrogens is 250 g/mol. The number of aryl methyl sites for hydroxylation is 2. The fourth-order valence-electron chi connectivity index (χ4n) is 2.20. The van der Waals surface area contributed by atoms with Crippen LogP contribution in [0.5, 0.6) is 0 Å². The fourth-order valence-corrected chi connectivity index (χ4v) is 2.42. The summed E-state index contributed by atoms with van der Waals surface area (Å²) in [6.07, 6.45) is 0.623. The van der Waals surface area contributed by atoms with Gasteiger partial charge < -0.3 is 5.11 Å². The van der Waals surface area contributed by atoms with Gasteiger partial charge in [-0.05, 0) is 37.5 Å². The van der Waals surface area contributed by atoms with Gasteiger partial charge in [-0.15, -0.1) is 0 Å². The number of rotatable bonds is 3. The molecular formula is C14H14ClNO2. The van der Waals surface area contributed by atoms with Gasteiger partial charge in [-0.1, -0.05) is 23.7 Å². The zero-order chi connectivity index (χ0) is 13.3. The lowest BCUT2D eigenvalue weighted by molar-refractivity contribution is -0.136. The summed E-state index contributed by atoms with van der Waals surface area (Å²) < 4.78 is 0. The first-order chi connectivity index (χ1) is 8.50. The monoisotopic (exact) mass is 263 g/mol. The molecule has 0 aliphatic rings. The Bertz CT molecular complexity index is 623. The topological polar surface area (TPSA) is 50.2 Å². The van der Waals surface area contributed by atoms with Crippen LogP contribution in [0.3, 0.4) is 0 Å². The third kappa shape index (κ3) is 2.31. The third-order valence-corrected chi connectivity index (χ3v) is 3.45. The standard InChI is InChI=1S/C14H14ClNO2/c1-8-10(6-7-13(17)18)9(2)16-14-11(8)4-3-5-12(14)15/h3-5H,6-7H2,1-2H3,(H,17,18). The van der Waals surface area contributed by atoms with Gasteiger partial charge in [0.15, 0.2) is 0 Å². The van der Waals surface area contributed by atoms with Crippen molar-refractivity contribution in [2.24, 2.45) is 0 Å². The quantitative estimate of drug-likeness (QED) is 0.922. The van der Waals surface area contributed by atoms with Gasteiger partial charge in [-0.3, -0.25) is 9.78 Å². The minimum absolute atomic E-state index is 0.120. The molecule has 0 amide bonds. The molecule has 1 heterocycles. The van der Waals surface area contributed by atoms with Crippen LogP contribution in [0.25, 0.3) is 10.9 Å². The molecule has 0 aliphatic carbocycles. The summed E-state index contributed by atoms with van der Waals surface area (Å²) in [6.45, 7) is 3.89. The lowest BCUT2D eigenvalue weighted by Gasteiger charge is -2.12. The van der Waals surface area contributed by atoms with Crippen molar-refractivity contribution < 1.29 is 9.90 Å². The number of benzene rings is 1. The van der Waals surface area contributed by atoms with Crippen molar-refractivity contribution in [3.63, 3.8) is 0 Å². The first kappa shape index (κ1) is 12.8. The van der Waals surface area contributed by atoms with Crippen LogP contribution in [0, 0.1) is 13.8 Å². The van der Waals surface area contributed by atoms with Crippen LogP contribution in [0.15, 0.2) is 18.2 Å². The number of aliphatic carboxylic acids is 1. The van der Waals surface area contributed by atoms with Crippen molar-refractivity contribution in [1.29, 1.82) is 0 Å². The number of nitrogens with zero attached hydrogens (tertiary/aromatic N) is 1. The minimum Gasteiger partial charge on any atom is -0.481 e. The Labute approximate surface area is 110 Å². The summed E-state index contributed by atoms with van der Waals surface area (Å²) in [5, 5.41) is 10.4. The summed E-state index contributed by atoms with van der Waals surface area (Å²) in [4.78, 5) is 15.2. The molecule has 2 rings (SSSR count). The van der Waals surface area contributed by atoms with Gasteiger partial charge in [0.2, 0.25) is 0 Å². The predicted octanol–water partition coefficient (Wildman–Crippen LogP) is 3.52. The zero-order valence-electron chi connectivity index (χ0n) is 10.3. The molecule has 3 nitrogen and oxygen atoms in total. The average molecular weight is 264 g/mol. The predicted molar refractivity (Wildman–Crippen MR) is 72.2 cm³/mol. The number of carbonyl (C=O) groups is 1. The zero-order valence-corrected chi connectivity index (χ0v) is 11.1. The van der Waals surface area contributed by atoms with E-state index in [0.29, 0.717) is 11.4 Å². The van der Waals surface area contributed by atoms with Crippen molar-refractivity contribution in [1.82, 2.24) is 4.98 Å². The average Bonchev–Trinajstić information content (AvgIpc) is 2.30. The number of fused-ring (bicyclic) bond motifs is 1. The van der Waals surface area contributed by atoms with Gasteiger partial charge in [0.25, 0.3) is 0 Å². The molecule has 2 aromatic rings. The van der Waals surface area contributed by atoms with Gasteiger partial charge in [0.1, 0.15) is 0 Å². The number of aromatic nitrogens is 1. The number of carboxylic acids is 1. The lowest BCUT2D eigenvalue weighted by Crippen LogP contribution is -2.03. The fraction of sp³-hybridized carbons (Fsp3) is 0.286. The molecule has 0 bridgehead atoms. The molecule has 0 saturated carbocycles. The highest BCUT2D eigenvalue weighted by Crippen LogP contribution is 2.28. The molecule has 1 aromatic carbocycles. The van der Waals surface area contributed by atoms with E-state index in [0.717, 1.165) is 27.7 Å². The van der Waals surface area contributed by atoms with Crippen LogP contribution in [-0.2, 0) is 11.2 Å². The molecule has 0 unspecified atom stereocenters. The Morgan fingerprint density at radius 3 is 2.78 bits per heavy atom. The van der Waals surface area contributed by atoms with E-state index in [1.165, 1.54) is 0 Å². The summed E-state index contributed by atoms with van der Waals surface area (Å²) >= 11 is 6.12. The summed E-state index contributed by atoms with van der Waals surface area (Å²) in [5.41, 5.74) is 3.72. The SMILES string of the molecule is Cc1nc2c(Cl)cccc2c(C)c1CCC(=O)O. The van der Waals surface area contributed by atoms with Crippen molar-refractivity contribution in [3.05, 3.63) is 40.0 Å². The lowest BCUT2D eigenvalue weighted by atomic mass is 9.98. The van der Waals surface area contributed by atoms with E-state index in [4.69, 9.17) is 16.7 Å². The maximum atomic E-state index is 10.7. The second kappa shape index (κ2) is 4.94. The maximum absolute atomic E-state index is 10.7. The molecule has 94 valence electrons. The maximum Gasteiger partial charge on any atom is 0.303 e. The van der Waals surface area contributed by atoms with Gasteiger partial charge >= 0.3 is 5.97 Å². The molecule has 1 aromatic heterocycles. The molecule has 0 saturated heterocycles. The second-order valence-electron chi connectivity index (χ2n) is 4.33. The molecule has 1 N–H and O–H groups in total. The van der Waals surface area contributed by atoms with Crippen LogP contribution in [0.4, 0.5) is 0 Å². The van der Waals surface area contributed by atoms with Crippen LogP contribution in [-0.4, -0.2) is 16.1 Å². The van der Waals surface area contributed by atoms with Gasteiger partial charge in [0.05, 0.1) is 10.5 Å². The first-order valence-electron chi connectivity index (χ1n) is 5.77. The largest absolute Gasteiger partial charge is 0.481 e. The van der Waals surface area contributed by atoms with E-state index in [2.05, 4.69) is 4.98 Å². The highest BCUT2D eigenvalue weighted by Gasteiger charge is 2.12. The van der Waals surface area contributed by atoms with Gasteiger partial charge in [-0.2, -0.15) is 0 Å². The van der Waals surface area contributed by atoms with Crippen LogP contribution in [0.2, 0.25) is 5.02 Å². The van der Waals surface area contributed by atoms with Crippen LogP contribution < -0.4 is 0 Å².